The summed E-state index contributed by atoms with van der Waals surface area (Å²) in [7, 11) is 0. The molecular formula is C6H11IN2. The summed E-state index contributed by atoms with van der Waals surface area (Å²) in [5, 5.41) is 0. The highest BCUT2D eigenvalue weighted by Gasteiger charge is 1.89. The van der Waals surface area contributed by atoms with Gasteiger partial charge >= 0.3 is 0 Å². The number of hydrogen-bond donors (Lipinski definition) is 1. The summed E-state index contributed by atoms with van der Waals surface area (Å²) in [4.78, 5) is 7.19. The molecule has 0 aliphatic carbocycles. The van der Waals surface area contributed by atoms with Gasteiger partial charge in [0.25, 0.3) is 0 Å². The van der Waals surface area contributed by atoms with E-state index < -0.39 is 0 Å². The van der Waals surface area contributed by atoms with Crippen LogP contribution in [0, 0.1) is 6.92 Å². The van der Waals surface area contributed by atoms with E-state index in [1.54, 1.807) is 0 Å². The molecule has 0 aliphatic heterocycles. The van der Waals surface area contributed by atoms with Crippen molar-refractivity contribution in [3.8, 4) is 0 Å². The van der Waals surface area contributed by atoms with Gasteiger partial charge in [-0.25, -0.2) is 4.98 Å². The zero-order valence-electron chi connectivity index (χ0n) is 5.64. The van der Waals surface area contributed by atoms with E-state index in [1.807, 2.05) is 13.1 Å². The van der Waals surface area contributed by atoms with Crippen LogP contribution in [-0.2, 0) is 6.42 Å². The molecule has 0 bridgehead atoms. The molecule has 0 radical (unpaired) electrons. The summed E-state index contributed by atoms with van der Waals surface area (Å²) >= 11 is 0. The van der Waals surface area contributed by atoms with Crippen molar-refractivity contribution in [1.29, 1.82) is 0 Å². The van der Waals surface area contributed by atoms with Crippen LogP contribution >= 0.6 is 24.0 Å². The molecule has 0 aromatic carbocycles. The lowest BCUT2D eigenvalue weighted by atomic mass is 10.5. The van der Waals surface area contributed by atoms with Crippen molar-refractivity contribution >= 4 is 24.0 Å². The fraction of sp³-hybridized carbons (Fsp3) is 0.500. The maximum atomic E-state index is 4.08. The summed E-state index contributed by atoms with van der Waals surface area (Å²) in [6, 6.07) is 0. The second kappa shape index (κ2) is 3.87. The Bertz CT molecular complexity index is 171. The first kappa shape index (κ1) is 8.94. The van der Waals surface area contributed by atoms with Crippen molar-refractivity contribution in [3.05, 3.63) is 17.7 Å². The minimum atomic E-state index is 0. The van der Waals surface area contributed by atoms with Gasteiger partial charge in [-0.15, -0.1) is 24.0 Å². The summed E-state index contributed by atoms with van der Waals surface area (Å²) < 4.78 is 0. The predicted molar refractivity (Wildman–Crippen MR) is 48.1 cm³/mol. The zero-order chi connectivity index (χ0) is 5.98. The van der Waals surface area contributed by atoms with Crippen LogP contribution in [0.2, 0.25) is 0 Å². The molecule has 1 N–H and O–H groups in total. The molecule has 1 aromatic rings. The Morgan fingerprint density at radius 2 is 2.33 bits per heavy atom. The first-order chi connectivity index (χ1) is 3.83. The largest absolute Gasteiger partial charge is 0.346 e. The van der Waals surface area contributed by atoms with Gasteiger partial charge in [0.1, 0.15) is 5.82 Å². The summed E-state index contributed by atoms with van der Waals surface area (Å²) in [5.41, 5.74) is 1.14. The van der Waals surface area contributed by atoms with Crippen LogP contribution in [0.5, 0.6) is 0 Å². The van der Waals surface area contributed by atoms with E-state index in [4.69, 9.17) is 0 Å². The number of aromatic amines is 1. The lowest BCUT2D eigenvalue weighted by Crippen LogP contribution is -1.80. The van der Waals surface area contributed by atoms with Gasteiger partial charge in [-0.3, -0.25) is 0 Å². The van der Waals surface area contributed by atoms with E-state index in [-0.39, 0.29) is 24.0 Å². The first-order valence-corrected chi connectivity index (χ1v) is 2.83. The molecular weight excluding hydrogens is 227 g/mol. The van der Waals surface area contributed by atoms with E-state index in [1.165, 1.54) is 0 Å². The SMILES string of the molecule is CCc1ncc(C)[nH]1.I. The van der Waals surface area contributed by atoms with Crippen molar-refractivity contribution in [2.75, 3.05) is 0 Å². The van der Waals surface area contributed by atoms with Crippen LogP contribution in [0.1, 0.15) is 18.4 Å². The average Bonchev–Trinajstić information content (AvgIpc) is 2.14. The fourth-order valence-electron chi connectivity index (χ4n) is 0.647. The average molecular weight is 238 g/mol. The van der Waals surface area contributed by atoms with Gasteiger partial charge in [-0.2, -0.15) is 0 Å². The number of imidazole rings is 1. The molecule has 0 atom stereocenters. The van der Waals surface area contributed by atoms with E-state index in [2.05, 4.69) is 16.9 Å². The molecule has 0 unspecified atom stereocenters. The van der Waals surface area contributed by atoms with Gasteiger partial charge < -0.3 is 4.98 Å². The highest BCUT2D eigenvalue weighted by Crippen LogP contribution is 1.93. The molecule has 1 aromatic heterocycles. The molecule has 1 rings (SSSR count). The highest BCUT2D eigenvalue weighted by molar-refractivity contribution is 14.0. The van der Waals surface area contributed by atoms with Gasteiger partial charge in [-0.1, -0.05) is 6.92 Å². The Morgan fingerprint density at radius 1 is 1.67 bits per heavy atom. The van der Waals surface area contributed by atoms with E-state index >= 15 is 0 Å². The molecule has 2 nitrogen and oxygen atoms in total. The topological polar surface area (TPSA) is 28.7 Å². The maximum Gasteiger partial charge on any atom is 0.105 e. The smallest absolute Gasteiger partial charge is 0.105 e. The minimum Gasteiger partial charge on any atom is -0.346 e. The number of H-pyrrole nitrogens is 1. The maximum absolute atomic E-state index is 4.08. The zero-order valence-corrected chi connectivity index (χ0v) is 7.97. The molecule has 0 saturated carbocycles. The van der Waals surface area contributed by atoms with Crippen LogP contribution in [-0.4, -0.2) is 9.97 Å². The van der Waals surface area contributed by atoms with Crippen LogP contribution in [0.4, 0.5) is 0 Å². The van der Waals surface area contributed by atoms with E-state index in [9.17, 15) is 0 Å². The van der Waals surface area contributed by atoms with Crippen molar-refractivity contribution in [2.24, 2.45) is 0 Å². The molecule has 0 saturated heterocycles. The number of aryl methyl sites for hydroxylation is 2. The van der Waals surface area contributed by atoms with Crippen molar-refractivity contribution in [3.63, 3.8) is 0 Å². The quantitative estimate of drug-likeness (QED) is 0.743. The Hall–Kier alpha value is -0.0600. The van der Waals surface area contributed by atoms with Crippen molar-refractivity contribution in [2.45, 2.75) is 20.3 Å². The molecule has 0 spiro atoms. The number of rotatable bonds is 1. The fourth-order valence-corrected chi connectivity index (χ4v) is 0.647. The van der Waals surface area contributed by atoms with Gasteiger partial charge in [0.2, 0.25) is 0 Å². The third-order valence-corrected chi connectivity index (χ3v) is 1.09. The minimum absolute atomic E-state index is 0. The highest BCUT2D eigenvalue weighted by atomic mass is 127. The summed E-state index contributed by atoms with van der Waals surface area (Å²) in [6.45, 7) is 4.09. The number of aromatic nitrogens is 2. The van der Waals surface area contributed by atoms with Crippen molar-refractivity contribution in [1.82, 2.24) is 9.97 Å². The van der Waals surface area contributed by atoms with Crippen molar-refractivity contribution < 1.29 is 0 Å². The molecule has 52 valence electrons. The van der Waals surface area contributed by atoms with E-state index in [0.29, 0.717) is 0 Å². The first-order valence-electron chi connectivity index (χ1n) is 2.83. The van der Waals surface area contributed by atoms with Crippen LogP contribution in [0.15, 0.2) is 6.20 Å². The van der Waals surface area contributed by atoms with Gasteiger partial charge in [0.05, 0.1) is 0 Å². The van der Waals surface area contributed by atoms with Gasteiger partial charge in [-0.05, 0) is 6.92 Å². The third-order valence-electron chi connectivity index (χ3n) is 1.09. The summed E-state index contributed by atoms with van der Waals surface area (Å²) in [6.07, 6.45) is 2.84. The molecule has 1 heterocycles. The van der Waals surface area contributed by atoms with Crippen LogP contribution in [0.3, 0.4) is 0 Å². The van der Waals surface area contributed by atoms with E-state index in [0.717, 1.165) is 17.9 Å². The Kier molecular flexibility index (Phi) is 3.84. The number of nitrogens with zero attached hydrogens (tertiary/aromatic N) is 1. The molecule has 3 heteroatoms. The van der Waals surface area contributed by atoms with Crippen LogP contribution < -0.4 is 0 Å². The van der Waals surface area contributed by atoms with Crippen LogP contribution in [0.25, 0.3) is 0 Å². The van der Waals surface area contributed by atoms with Gasteiger partial charge in [0.15, 0.2) is 0 Å². The Labute approximate surface area is 72.1 Å². The Morgan fingerprint density at radius 3 is 2.56 bits per heavy atom. The van der Waals surface area contributed by atoms with Gasteiger partial charge in [0, 0.05) is 18.3 Å². The number of hydrogen-bond acceptors (Lipinski definition) is 1. The normalized spacial score (nSPS) is 8.67. The molecule has 0 fully saturated rings. The monoisotopic (exact) mass is 238 g/mol. The lowest BCUT2D eigenvalue weighted by Gasteiger charge is -1.82. The number of nitrogens with one attached hydrogen (secondary N) is 1. The second-order valence-electron chi connectivity index (χ2n) is 1.87. The molecule has 9 heavy (non-hydrogen) atoms. The molecule has 0 amide bonds. The molecule has 0 aliphatic rings. The standard InChI is InChI=1S/C6H10N2.HI/c1-3-6-7-4-5(2)8-6;/h4H,3H2,1-2H3,(H,7,8);1H. The lowest BCUT2D eigenvalue weighted by molar-refractivity contribution is 0.982. The second-order valence-corrected chi connectivity index (χ2v) is 1.87. The Balaban J connectivity index is 0.000000640. The third kappa shape index (κ3) is 2.34. The number of halogens is 1. The summed E-state index contributed by atoms with van der Waals surface area (Å²) in [5.74, 6) is 1.07. The predicted octanol–water partition coefficient (Wildman–Crippen LogP) is 1.90.